The van der Waals surface area contributed by atoms with Crippen molar-refractivity contribution in [3.8, 4) is 0 Å². The third-order valence-corrected chi connectivity index (χ3v) is 11.5. The number of hydrogen-bond donors (Lipinski definition) is 2. The molecule has 7 atom stereocenters. The number of nitrogens with one attached hydrogen (secondary N) is 1. The molecule has 3 unspecified atom stereocenters. The molecule has 3 saturated carbocycles. The summed E-state index contributed by atoms with van der Waals surface area (Å²) in [6.45, 7) is -0.125. The summed E-state index contributed by atoms with van der Waals surface area (Å²) < 4.78 is 25.4. The van der Waals surface area contributed by atoms with Crippen molar-refractivity contribution in [1.82, 2.24) is 10.2 Å². The molecule has 0 bridgehead atoms. The van der Waals surface area contributed by atoms with E-state index in [-0.39, 0.29) is 31.4 Å². The maximum Gasteiger partial charge on any atom is 0.338 e. The minimum absolute atomic E-state index is 0.0836. The van der Waals surface area contributed by atoms with Gasteiger partial charge in [0.25, 0.3) is 0 Å². The Morgan fingerprint density at radius 3 is 2.41 bits per heavy atom. The summed E-state index contributed by atoms with van der Waals surface area (Å²) >= 11 is 0. The van der Waals surface area contributed by atoms with Crippen LogP contribution in [0.1, 0.15) is 72.9 Å². The lowest BCUT2D eigenvalue weighted by molar-refractivity contribution is -0.209. The van der Waals surface area contributed by atoms with Crippen LogP contribution in [-0.4, -0.2) is 90.3 Å². The molecule has 270 valence electrons. The zero-order chi connectivity index (χ0) is 35.1. The third kappa shape index (κ3) is 7.42. The minimum Gasteiger partial charge on any atom is -0.456 e. The molecule has 0 spiro atoms. The number of benzene rings is 2. The number of hydrogen-bond acceptors (Lipinski definition) is 8. The molecule has 5 fully saturated rings. The van der Waals surface area contributed by atoms with Crippen LogP contribution in [0.25, 0.3) is 6.08 Å². The van der Waals surface area contributed by atoms with Gasteiger partial charge in [0.15, 0.2) is 5.79 Å². The van der Waals surface area contributed by atoms with Gasteiger partial charge in [-0.15, -0.1) is 0 Å². The predicted octanol–water partition coefficient (Wildman–Crippen LogP) is 4.60. The lowest BCUT2D eigenvalue weighted by atomic mass is 9.89. The fourth-order valence-electron chi connectivity index (χ4n) is 8.26. The summed E-state index contributed by atoms with van der Waals surface area (Å²) in [4.78, 5) is 42.7. The maximum absolute atomic E-state index is 14.3. The standard InChI is InChI=1S/C41H48N2O8/c1-43(32(38(45)42-19-20-44)21-26-5-3-2-4-6-26)39(46)29-23-35(37-36(24-29)50-41(51-37,30-14-15-30)31-16-17-31)49-40(47)28-12-9-25(10-13-28)7-8-27-11-18-33-34(22-27)48-33/h2-10,12-13,24,27,30-37,44H,11,14-23H2,1H3,(H,42,45)/t27?,32-,33?,34?,35-,36-,37+/m1/s1. The number of aliphatic hydroxyl groups is 1. The number of esters is 1. The molecule has 4 aliphatic carbocycles. The highest BCUT2D eigenvalue weighted by molar-refractivity contribution is 5.97. The van der Waals surface area contributed by atoms with Crippen LogP contribution in [0.2, 0.25) is 0 Å². The van der Waals surface area contributed by atoms with Crippen molar-refractivity contribution in [2.75, 3.05) is 20.2 Å². The van der Waals surface area contributed by atoms with Crippen molar-refractivity contribution < 1.29 is 38.4 Å². The summed E-state index contributed by atoms with van der Waals surface area (Å²) in [6.07, 6.45) is 13.1. The summed E-state index contributed by atoms with van der Waals surface area (Å²) in [5, 5.41) is 12.1. The Morgan fingerprint density at radius 1 is 0.980 bits per heavy atom. The molecule has 2 heterocycles. The van der Waals surface area contributed by atoms with E-state index in [1.54, 1.807) is 19.2 Å². The summed E-state index contributed by atoms with van der Waals surface area (Å²) in [6, 6.07) is 16.1. The molecule has 8 rings (SSSR count). The van der Waals surface area contributed by atoms with E-state index in [4.69, 9.17) is 18.9 Å². The van der Waals surface area contributed by atoms with Gasteiger partial charge in [0.1, 0.15) is 24.4 Å². The molecule has 0 aromatic heterocycles. The van der Waals surface area contributed by atoms with E-state index in [2.05, 4.69) is 17.5 Å². The Balaban J connectivity index is 1.00. The molecule has 2 N–H and O–H groups in total. The van der Waals surface area contributed by atoms with Gasteiger partial charge in [-0.1, -0.05) is 54.6 Å². The predicted molar refractivity (Wildman–Crippen MR) is 188 cm³/mol. The Morgan fingerprint density at radius 2 is 1.73 bits per heavy atom. The second-order valence-corrected chi connectivity index (χ2v) is 15.2. The highest BCUT2D eigenvalue weighted by atomic mass is 16.8. The number of aliphatic hydroxyl groups excluding tert-OH is 1. The van der Waals surface area contributed by atoms with Gasteiger partial charge in [-0.05, 0) is 80.2 Å². The lowest BCUT2D eigenvalue weighted by Gasteiger charge is -2.33. The molecule has 2 aromatic carbocycles. The van der Waals surface area contributed by atoms with E-state index >= 15 is 0 Å². The molecule has 0 radical (unpaired) electrons. The van der Waals surface area contributed by atoms with Crippen LogP contribution in [0, 0.1) is 17.8 Å². The molecule has 51 heavy (non-hydrogen) atoms. The van der Waals surface area contributed by atoms with Crippen LogP contribution in [0.15, 0.2) is 72.3 Å². The number of allylic oxidation sites excluding steroid dienone is 1. The van der Waals surface area contributed by atoms with Crippen LogP contribution in [0.3, 0.4) is 0 Å². The topological polar surface area (TPSA) is 127 Å². The molecule has 10 nitrogen and oxygen atoms in total. The number of ether oxygens (including phenoxy) is 4. The molecular formula is C41H48N2O8. The number of nitrogens with zero attached hydrogens (tertiary/aromatic N) is 1. The van der Waals surface area contributed by atoms with Gasteiger partial charge in [0, 0.05) is 43.8 Å². The van der Waals surface area contributed by atoms with E-state index in [1.165, 1.54) is 4.90 Å². The van der Waals surface area contributed by atoms with E-state index < -0.39 is 36.1 Å². The average Bonchev–Trinajstić information content (AvgIpc) is 4.02. The van der Waals surface area contributed by atoms with Crippen molar-refractivity contribution >= 4 is 23.9 Å². The smallest absolute Gasteiger partial charge is 0.338 e. The summed E-state index contributed by atoms with van der Waals surface area (Å²) in [7, 11) is 1.62. The zero-order valence-electron chi connectivity index (χ0n) is 29.2. The number of carbonyl (C=O) groups excluding carboxylic acids is 3. The first-order chi connectivity index (χ1) is 24.8. The maximum atomic E-state index is 14.3. The second kappa shape index (κ2) is 14.3. The minimum atomic E-state index is -0.825. The molecule has 2 amide bonds. The Kier molecular flexibility index (Phi) is 9.61. The van der Waals surface area contributed by atoms with Crippen LogP contribution < -0.4 is 5.32 Å². The molecular weight excluding hydrogens is 648 g/mol. The third-order valence-electron chi connectivity index (χ3n) is 11.5. The SMILES string of the molecule is CN(C(=O)C1=C[C@H]2OC(C3CC3)(C3CC3)O[C@H]2[C@H](OC(=O)c2ccc(C=CC3CCC4OC4C3)cc2)C1)[C@H](Cc1ccccc1)C(=O)NCCO. The van der Waals surface area contributed by atoms with Crippen molar-refractivity contribution in [3.05, 3.63) is 89.0 Å². The second-order valence-electron chi connectivity index (χ2n) is 15.2. The first-order valence-corrected chi connectivity index (χ1v) is 18.7. The zero-order valence-corrected chi connectivity index (χ0v) is 29.2. The lowest BCUT2D eigenvalue weighted by Crippen LogP contribution is -2.51. The number of fused-ring (bicyclic) bond motifs is 2. The molecule has 2 aromatic rings. The summed E-state index contributed by atoms with van der Waals surface area (Å²) in [5.74, 6) is -0.807. The van der Waals surface area contributed by atoms with Crippen molar-refractivity contribution in [3.63, 3.8) is 0 Å². The number of epoxide rings is 1. The molecule has 2 aliphatic heterocycles. The monoisotopic (exact) mass is 696 g/mol. The van der Waals surface area contributed by atoms with Crippen molar-refractivity contribution in [2.45, 2.75) is 100 Å². The van der Waals surface area contributed by atoms with Gasteiger partial charge >= 0.3 is 5.97 Å². The van der Waals surface area contributed by atoms with Crippen LogP contribution in [-0.2, 0) is 35.0 Å². The number of carbonyl (C=O) groups is 3. The van der Waals surface area contributed by atoms with Crippen LogP contribution >= 0.6 is 0 Å². The summed E-state index contributed by atoms with van der Waals surface area (Å²) in [5.41, 5.74) is 2.76. The number of amides is 2. The number of likely N-dealkylation sites (N-methyl/N-ethyl adjacent to an activating group) is 1. The van der Waals surface area contributed by atoms with Gasteiger partial charge in [0.2, 0.25) is 11.8 Å². The van der Waals surface area contributed by atoms with Crippen molar-refractivity contribution in [1.29, 1.82) is 0 Å². The van der Waals surface area contributed by atoms with Gasteiger partial charge < -0.3 is 34.3 Å². The van der Waals surface area contributed by atoms with Gasteiger partial charge in [-0.3, -0.25) is 9.59 Å². The Bertz CT molecular complexity index is 1650. The first-order valence-electron chi connectivity index (χ1n) is 18.7. The van der Waals surface area contributed by atoms with E-state index in [0.29, 0.717) is 47.5 Å². The van der Waals surface area contributed by atoms with E-state index in [9.17, 15) is 19.5 Å². The van der Waals surface area contributed by atoms with E-state index in [0.717, 1.165) is 56.1 Å². The quantitative estimate of drug-likeness (QED) is 0.230. The average molecular weight is 697 g/mol. The van der Waals surface area contributed by atoms with Crippen LogP contribution in [0.4, 0.5) is 0 Å². The fourth-order valence-corrected chi connectivity index (χ4v) is 8.26. The largest absolute Gasteiger partial charge is 0.456 e. The first kappa shape index (κ1) is 34.3. The highest BCUT2D eigenvalue weighted by Gasteiger charge is 2.64. The van der Waals surface area contributed by atoms with Gasteiger partial charge in [-0.2, -0.15) is 0 Å². The molecule has 2 saturated heterocycles. The number of rotatable bonds is 13. The normalized spacial score (nSPS) is 29.7. The molecule has 10 heteroatoms. The Labute approximate surface area is 299 Å². The highest BCUT2D eigenvalue weighted by Crippen LogP contribution is 2.59. The van der Waals surface area contributed by atoms with Crippen LogP contribution in [0.5, 0.6) is 0 Å². The van der Waals surface area contributed by atoms with Gasteiger partial charge in [-0.25, -0.2) is 4.79 Å². The van der Waals surface area contributed by atoms with Gasteiger partial charge in [0.05, 0.1) is 24.4 Å². The van der Waals surface area contributed by atoms with E-state index in [1.807, 2.05) is 48.5 Å². The Hall–Kier alpha value is -3.83. The van der Waals surface area contributed by atoms with Crippen molar-refractivity contribution in [2.24, 2.45) is 17.8 Å². The molecule has 6 aliphatic rings. The fraction of sp³-hybridized carbons (Fsp3) is 0.537.